The Morgan fingerprint density at radius 2 is 1.88 bits per heavy atom. The highest BCUT2D eigenvalue weighted by atomic mass is 35.5. The maximum atomic E-state index is 13.0. The Kier molecular flexibility index (Phi) is 5.36. The standard InChI is InChI=1S/C17H16ClF3N4O/c18-11-5-3-4-10(8-11)14-9-15(24-23-14)16(26)25-22-13-7-2-1-6-12(13)17(19,20)21/h1-8,14-15,22-24H,9H2,(H,25,26). The molecule has 0 aliphatic carbocycles. The second-order valence-electron chi connectivity index (χ2n) is 5.84. The van der Waals surface area contributed by atoms with Gasteiger partial charge in [0.25, 0.3) is 5.91 Å². The predicted molar refractivity (Wildman–Crippen MR) is 92.1 cm³/mol. The van der Waals surface area contributed by atoms with Gasteiger partial charge in [0.1, 0.15) is 6.04 Å². The van der Waals surface area contributed by atoms with Crippen molar-refractivity contribution in [2.75, 3.05) is 5.43 Å². The lowest BCUT2D eigenvalue weighted by molar-refractivity contribution is -0.137. The normalized spacial score (nSPS) is 20.0. The molecule has 1 fully saturated rings. The van der Waals surface area contributed by atoms with E-state index in [1.54, 1.807) is 12.1 Å². The molecule has 1 aliphatic heterocycles. The Morgan fingerprint density at radius 3 is 2.62 bits per heavy atom. The lowest BCUT2D eigenvalue weighted by Crippen LogP contribution is -2.45. The van der Waals surface area contributed by atoms with E-state index in [0.29, 0.717) is 11.4 Å². The monoisotopic (exact) mass is 384 g/mol. The van der Waals surface area contributed by atoms with Crippen molar-refractivity contribution in [2.45, 2.75) is 24.7 Å². The van der Waals surface area contributed by atoms with Crippen LogP contribution in [0.1, 0.15) is 23.6 Å². The predicted octanol–water partition coefficient (Wildman–Crippen LogP) is 3.41. The Balaban J connectivity index is 1.60. The van der Waals surface area contributed by atoms with Gasteiger partial charge in [0, 0.05) is 11.1 Å². The van der Waals surface area contributed by atoms with Crippen LogP contribution in [0.15, 0.2) is 48.5 Å². The minimum atomic E-state index is -4.51. The third-order valence-electron chi connectivity index (χ3n) is 4.02. The van der Waals surface area contributed by atoms with Crippen molar-refractivity contribution in [2.24, 2.45) is 0 Å². The first-order chi connectivity index (χ1) is 12.3. The molecule has 1 amide bonds. The third kappa shape index (κ3) is 4.27. The van der Waals surface area contributed by atoms with E-state index >= 15 is 0 Å². The molecule has 1 saturated heterocycles. The molecule has 2 aromatic rings. The second kappa shape index (κ2) is 7.53. The van der Waals surface area contributed by atoms with E-state index in [2.05, 4.69) is 21.7 Å². The zero-order valence-corrected chi connectivity index (χ0v) is 14.2. The molecule has 5 nitrogen and oxygen atoms in total. The van der Waals surface area contributed by atoms with Crippen molar-refractivity contribution in [3.8, 4) is 0 Å². The number of hydrogen-bond donors (Lipinski definition) is 4. The number of nitrogens with one attached hydrogen (secondary N) is 4. The number of halogens is 4. The summed E-state index contributed by atoms with van der Waals surface area (Å²) in [6.45, 7) is 0. The number of amides is 1. The minimum absolute atomic E-state index is 0.132. The number of benzene rings is 2. The first kappa shape index (κ1) is 18.5. The average Bonchev–Trinajstić information content (AvgIpc) is 3.09. The zero-order valence-electron chi connectivity index (χ0n) is 13.4. The fourth-order valence-corrected chi connectivity index (χ4v) is 2.92. The summed E-state index contributed by atoms with van der Waals surface area (Å²) >= 11 is 5.96. The van der Waals surface area contributed by atoms with Crippen LogP contribution in [0.4, 0.5) is 18.9 Å². The molecule has 0 spiro atoms. The van der Waals surface area contributed by atoms with Crippen LogP contribution >= 0.6 is 11.6 Å². The van der Waals surface area contributed by atoms with Crippen molar-refractivity contribution in [3.63, 3.8) is 0 Å². The summed E-state index contributed by atoms with van der Waals surface area (Å²) in [6.07, 6.45) is -4.09. The van der Waals surface area contributed by atoms with Crippen LogP contribution in [-0.4, -0.2) is 11.9 Å². The Hall–Kier alpha value is -2.29. The van der Waals surface area contributed by atoms with Crippen molar-refractivity contribution < 1.29 is 18.0 Å². The van der Waals surface area contributed by atoms with Gasteiger partial charge in [0.05, 0.1) is 11.3 Å². The highest BCUT2D eigenvalue weighted by molar-refractivity contribution is 6.30. The first-order valence-electron chi connectivity index (χ1n) is 7.83. The van der Waals surface area contributed by atoms with Gasteiger partial charge < -0.3 is 0 Å². The summed E-state index contributed by atoms with van der Waals surface area (Å²) in [5.41, 5.74) is 10.3. The topological polar surface area (TPSA) is 65.2 Å². The molecule has 9 heteroatoms. The molecule has 0 aromatic heterocycles. The van der Waals surface area contributed by atoms with Crippen molar-refractivity contribution in [3.05, 3.63) is 64.7 Å². The number of anilines is 1. The molecule has 3 rings (SSSR count). The lowest BCUT2D eigenvalue weighted by atomic mass is 10.0. The fraction of sp³-hybridized carbons (Fsp3) is 0.235. The number of hydrazine groups is 2. The van der Waals surface area contributed by atoms with Crippen LogP contribution in [0.2, 0.25) is 5.02 Å². The van der Waals surface area contributed by atoms with Gasteiger partial charge in [0.2, 0.25) is 0 Å². The lowest BCUT2D eigenvalue weighted by Gasteiger charge is -2.16. The fourth-order valence-electron chi connectivity index (χ4n) is 2.73. The van der Waals surface area contributed by atoms with Gasteiger partial charge >= 0.3 is 6.18 Å². The van der Waals surface area contributed by atoms with Crippen molar-refractivity contribution in [1.29, 1.82) is 0 Å². The molecule has 1 aliphatic rings. The molecule has 2 atom stereocenters. The van der Waals surface area contributed by atoms with Gasteiger partial charge in [-0.25, -0.2) is 10.9 Å². The van der Waals surface area contributed by atoms with Gasteiger partial charge in [-0.1, -0.05) is 35.9 Å². The number of hydrogen-bond acceptors (Lipinski definition) is 4. The molecule has 0 bridgehead atoms. The van der Waals surface area contributed by atoms with Crippen LogP contribution < -0.4 is 21.7 Å². The molecule has 1 heterocycles. The van der Waals surface area contributed by atoms with E-state index in [1.165, 1.54) is 18.2 Å². The highest BCUT2D eigenvalue weighted by Crippen LogP contribution is 2.34. The third-order valence-corrected chi connectivity index (χ3v) is 4.26. The zero-order chi connectivity index (χ0) is 18.7. The van der Waals surface area contributed by atoms with E-state index in [0.717, 1.165) is 11.6 Å². The number of para-hydroxylation sites is 1. The summed E-state index contributed by atoms with van der Waals surface area (Å²) in [5.74, 6) is -0.473. The van der Waals surface area contributed by atoms with Crippen molar-refractivity contribution in [1.82, 2.24) is 16.3 Å². The van der Waals surface area contributed by atoms with Gasteiger partial charge in [-0.15, -0.1) is 0 Å². The molecule has 4 N–H and O–H groups in total. The maximum absolute atomic E-state index is 13.0. The molecule has 26 heavy (non-hydrogen) atoms. The number of alkyl halides is 3. The summed E-state index contributed by atoms with van der Waals surface area (Å²) in [4.78, 5) is 12.2. The van der Waals surface area contributed by atoms with E-state index in [9.17, 15) is 18.0 Å². The van der Waals surface area contributed by atoms with E-state index in [4.69, 9.17) is 11.6 Å². The van der Waals surface area contributed by atoms with Gasteiger partial charge in [-0.2, -0.15) is 13.2 Å². The van der Waals surface area contributed by atoms with Crippen LogP contribution in [-0.2, 0) is 11.0 Å². The molecule has 2 unspecified atom stereocenters. The summed E-state index contributed by atoms with van der Waals surface area (Å²) in [5, 5.41) is 0.586. The minimum Gasteiger partial charge on any atom is -0.298 e. The molecule has 2 aromatic carbocycles. The van der Waals surface area contributed by atoms with Crippen LogP contribution in [0.3, 0.4) is 0 Å². The summed E-state index contributed by atoms with van der Waals surface area (Å²) < 4.78 is 38.9. The average molecular weight is 385 g/mol. The molecule has 0 radical (unpaired) electrons. The summed E-state index contributed by atoms with van der Waals surface area (Å²) in [6, 6.07) is 11.4. The molecular formula is C17H16ClF3N4O. The van der Waals surface area contributed by atoms with Crippen LogP contribution in [0.25, 0.3) is 0 Å². The maximum Gasteiger partial charge on any atom is 0.418 e. The second-order valence-corrected chi connectivity index (χ2v) is 6.28. The SMILES string of the molecule is O=C(NNc1ccccc1C(F)(F)F)C1CC(c2cccc(Cl)c2)NN1. The number of carbonyl (C=O) groups excluding carboxylic acids is 1. The highest BCUT2D eigenvalue weighted by Gasteiger charge is 2.34. The Labute approximate surface area is 152 Å². The molecule has 0 saturated carbocycles. The smallest absolute Gasteiger partial charge is 0.298 e. The van der Waals surface area contributed by atoms with Gasteiger partial charge in [-0.05, 0) is 36.2 Å². The first-order valence-corrected chi connectivity index (χ1v) is 8.21. The van der Waals surface area contributed by atoms with Gasteiger partial charge in [0.15, 0.2) is 0 Å². The van der Waals surface area contributed by atoms with E-state index < -0.39 is 23.7 Å². The Morgan fingerprint density at radius 1 is 1.12 bits per heavy atom. The number of rotatable bonds is 4. The quantitative estimate of drug-likeness (QED) is 0.610. The van der Waals surface area contributed by atoms with Gasteiger partial charge in [-0.3, -0.25) is 15.6 Å². The van der Waals surface area contributed by atoms with E-state index in [1.807, 2.05) is 12.1 Å². The van der Waals surface area contributed by atoms with E-state index in [-0.39, 0.29) is 11.7 Å². The van der Waals surface area contributed by atoms with Crippen LogP contribution in [0.5, 0.6) is 0 Å². The molecule has 138 valence electrons. The van der Waals surface area contributed by atoms with Crippen molar-refractivity contribution >= 4 is 23.2 Å². The number of carbonyl (C=O) groups is 1. The molecular weight excluding hydrogens is 369 g/mol. The largest absolute Gasteiger partial charge is 0.418 e. The van der Waals surface area contributed by atoms with Crippen LogP contribution in [0, 0.1) is 0 Å². The summed E-state index contributed by atoms with van der Waals surface area (Å²) in [7, 11) is 0. The Bertz CT molecular complexity index is 800.